The van der Waals surface area contributed by atoms with Crippen molar-refractivity contribution in [2.45, 2.75) is 26.8 Å². The van der Waals surface area contributed by atoms with Gasteiger partial charge in [-0.3, -0.25) is 14.5 Å². The Morgan fingerprint density at radius 2 is 1.97 bits per heavy atom. The van der Waals surface area contributed by atoms with E-state index in [1.54, 1.807) is 30.3 Å². The molecule has 1 atom stereocenters. The summed E-state index contributed by atoms with van der Waals surface area (Å²) in [7, 11) is 0. The Morgan fingerprint density at radius 1 is 1.21 bits per heavy atom. The Hall–Kier alpha value is -3.91. The first-order valence-electron chi connectivity index (χ1n) is 10.8. The highest BCUT2D eigenvalue weighted by Crippen LogP contribution is 2.44. The van der Waals surface area contributed by atoms with E-state index in [0.717, 1.165) is 21.3 Å². The number of fused-ring (bicyclic) bond motifs is 1. The van der Waals surface area contributed by atoms with Crippen LogP contribution in [0.15, 0.2) is 70.5 Å². The number of nitrogens with zero attached hydrogens (tertiary/aromatic N) is 2. The highest BCUT2D eigenvalue weighted by Gasteiger charge is 2.46. The second kappa shape index (κ2) is 8.46. The average Bonchev–Trinajstić information content (AvgIpc) is 3.54. The fourth-order valence-electron chi connectivity index (χ4n) is 4.27. The standard InChI is InChI=1S/C26H22N2O5S/c1-4-32-17-9-7-16(8-10-17)22-20(23(29)18-6-5-11-33-18)24(30)25(31)28(22)26-27-21-15(3)12-14(2)13-19(21)34-26/h5-13,22,30H,4H2,1-3H3/t22-/m1/s1. The zero-order valence-corrected chi connectivity index (χ0v) is 19.7. The number of anilines is 1. The second-order valence-electron chi connectivity index (χ2n) is 8.07. The number of rotatable bonds is 6. The fourth-order valence-corrected chi connectivity index (χ4v) is 5.43. The summed E-state index contributed by atoms with van der Waals surface area (Å²) in [5, 5.41) is 11.3. The first-order valence-corrected chi connectivity index (χ1v) is 11.7. The van der Waals surface area contributed by atoms with Crippen LogP contribution in [0.5, 0.6) is 5.75 Å². The molecule has 1 aliphatic rings. The number of aryl methyl sites for hydroxylation is 2. The van der Waals surface area contributed by atoms with Crippen LogP contribution in [0.3, 0.4) is 0 Å². The number of ether oxygens (including phenoxy) is 1. The van der Waals surface area contributed by atoms with Crippen molar-refractivity contribution < 1.29 is 23.8 Å². The summed E-state index contributed by atoms with van der Waals surface area (Å²) in [4.78, 5) is 32.8. The molecule has 0 fully saturated rings. The van der Waals surface area contributed by atoms with E-state index in [1.807, 2.05) is 32.9 Å². The van der Waals surface area contributed by atoms with Gasteiger partial charge in [-0.25, -0.2) is 4.98 Å². The van der Waals surface area contributed by atoms with Crippen LogP contribution >= 0.6 is 11.3 Å². The number of aliphatic hydroxyl groups is 1. The Kier molecular flexibility index (Phi) is 5.45. The molecule has 1 aliphatic heterocycles. The minimum atomic E-state index is -0.872. The third-order valence-electron chi connectivity index (χ3n) is 5.73. The van der Waals surface area contributed by atoms with Crippen LogP contribution in [0.2, 0.25) is 0 Å². The Bertz CT molecular complexity index is 1430. The highest BCUT2D eigenvalue weighted by molar-refractivity contribution is 7.22. The number of ketones is 1. The predicted molar refractivity (Wildman–Crippen MR) is 130 cm³/mol. The van der Waals surface area contributed by atoms with E-state index in [-0.39, 0.29) is 11.3 Å². The van der Waals surface area contributed by atoms with Crippen LogP contribution in [0, 0.1) is 13.8 Å². The summed E-state index contributed by atoms with van der Waals surface area (Å²) >= 11 is 1.35. The highest BCUT2D eigenvalue weighted by atomic mass is 32.1. The zero-order chi connectivity index (χ0) is 24.0. The second-order valence-corrected chi connectivity index (χ2v) is 9.08. The molecule has 5 rings (SSSR count). The minimum Gasteiger partial charge on any atom is -0.503 e. The van der Waals surface area contributed by atoms with Crippen molar-refractivity contribution in [1.82, 2.24) is 4.98 Å². The fraction of sp³-hybridized carbons (Fsp3) is 0.192. The van der Waals surface area contributed by atoms with Gasteiger partial charge in [-0.2, -0.15) is 0 Å². The summed E-state index contributed by atoms with van der Waals surface area (Å²) in [5.41, 5.74) is 3.46. The molecule has 8 heteroatoms. The number of hydrogen-bond donors (Lipinski definition) is 1. The van der Waals surface area contributed by atoms with E-state index in [4.69, 9.17) is 14.1 Å². The van der Waals surface area contributed by atoms with E-state index < -0.39 is 23.5 Å². The number of aliphatic hydroxyl groups excluding tert-OH is 1. The smallest absolute Gasteiger partial charge is 0.296 e. The number of benzene rings is 2. The quantitative estimate of drug-likeness (QED) is 0.361. The van der Waals surface area contributed by atoms with Gasteiger partial charge < -0.3 is 14.3 Å². The number of Topliss-reactive ketones (excluding diaryl/α,β-unsaturated/α-hetero) is 1. The van der Waals surface area contributed by atoms with Crippen LogP contribution < -0.4 is 9.64 Å². The van der Waals surface area contributed by atoms with Crippen molar-refractivity contribution in [2.75, 3.05) is 11.5 Å². The van der Waals surface area contributed by atoms with Crippen LogP contribution in [-0.4, -0.2) is 28.4 Å². The van der Waals surface area contributed by atoms with E-state index in [1.165, 1.54) is 28.6 Å². The normalized spacial score (nSPS) is 16.0. The Balaban J connectivity index is 1.67. The lowest BCUT2D eigenvalue weighted by Crippen LogP contribution is -2.30. The number of furan rings is 1. The van der Waals surface area contributed by atoms with Crippen LogP contribution in [0.25, 0.3) is 10.2 Å². The SMILES string of the molecule is CCOc1ccc([C@@H]2C(C(=O)c3ccco3)=C(O)C(=O)N2c2nc3c(C)cc(C)cc3s2)cc1. The predicted octanol–water partition coefficient (Wildman–Crippen LogP) is 5.69. The molecular weight excluding hydrogens is 452 g/mol. The number of hydrogen-bond acceptors (Lipinski definition) is 7. The lowest BCUT2D eigenvalue weighted by atomic mass is 9.95. The van der Waals surface area contributed by atoms with Crippen molar-refractivity contribution in [3.63, 3.8) is 0 Å². The molecule has 172 valence electrons. The van der Waals surface area contributed by atoms with Crippen LogP contribution in [0.4, 0.5) is 5.13 Å². The third kappa shape index (κ3) is 3.56. The van der Waals surface area contributed by atoms with Gasteiger partial charge in [-0.05, 0) is 67.8 Å². The molecule has 2 aromatic carbocycles. The van der Waals surface area contributed by atoms with E-state index in [0.29, 0.717) is 23.1 Å². The molecular formula is C26H22N2O5S. The molecule has 0 saturated heterocycles. The summed E-state index contributed by atoms with van der Waals surface area (Å²) in [5.74, 6) is -1.12. The number of amides is 1. The molecule has 3 heterocycles. The molecule has 1 amide bonds. The number of thiazole rings is 1. The van der Waals surface area contributed by atoms with E-state index >= 15 is 0 Å². The molecule has 7 nitrogen and oxygen atoms in total. The van der Waals surface area contributed by atoms with Crippen molar-refractivity contribution >= 4 is 38.4 Å². The maximum atomic E-state index is 13.3. The lowest BCUT2D eigenvalue weighted by molar-refractivity contribution is -0.117. The summed E-state index contributed by atoms with van der Waals surface area (Å²) in [6.07, 6.45) is 1.38. The topological polar surface area (TPSA) is 92.9 Å². The molecule has 4 aromatic rings. The lowest BCUT2D eigenvalue weighted by Gasteiger charge is -2.24. The largest absolute Gasteiger partial charge is 0.503 e. The van der Waals surface area contributed by atoms with Crippen LogP contribution in [-0.2, 0) is 4.79 Å². The van der Waals surface area contributed by atoms with Gasteiger partial charge in [0, 0.05) is 0 Å². The van der Waals surface area contributed by atoms with Gasteiger partial charge in [-0.1, -0.05) is 29.5 Å². The van der Waals surface area contributed by atoms with Crippen molar-refractivity contribution in [3.05, 3.63) is 88.6 Å². The van der Waals surface area contributed by atoms with Gasteiger partial charge in [0.15, 0.2) is 16.7 Å². The molecule has 0 unspecified atom stereocenters. The molecule has 1 N–H and O–H groups in total. The first-order chi connectivity index (χ1) is 16.4. The molecule has 0 spiro atoms. The summed E-state index contributed by atoms with van der Waals surface area (Å²) in [6, 6.07) is 13.4. The van der Waals surface area contributed by atoms with Gasteiger partial charge in [0.2, 0.25) is 5.78 Å². The number of carbonyl (C=O) groups is 2. The molecule has 0 saturated carbocycles. The maximum absolute atomic E-state index is 13.3. The third-order valence-corrected chi connectivity index (χ3v) is 6.73. The summed E-state index contributed by atoms with van der Waals surface area (Å²) < 4.78 is 11.8. The number of carbonyl (C=O) groups excluding carboxylic acids is 2. The van der Waals surface area contributed by atoms with Crippen LogP contribution in [0.1, 0.15) is 40.2 Å². The Labute approximate surface area is 199 Å². The van der Waals surface area contributed by atoms with Gasteiger partial charge in [0.25, 0.3) is 5.91 Å². The monoisotopic (exact) mass is 474 g/mol. The maximum Gasteiger partial charge on any atom is 0.296 e. The Morgan fingerprint density at radius 3 is 2.65 bits per heavy atom. The van der Waals surface area contributed by atoms with E-state index in [9.17, 15) is 14.7 Å². The minimum absolute atomic E-state index is 0.0444. The van der Waals surface area contributed by atoms with Crippen molar-refractivity contribution in [1.29, 1.82) is 0 Å². The van der Waals surface area contributed by atoms with Gasteiger partial charge in [-0.15, -0.1) is 0 Å². The van der Waals surface area contributed by atoms with Crippen molar-refractivity contribution in [2.24, 2.45) is 0 Å². The van der Waals surface area contributed by atoms with E-state index in [2.05, 4.69) is 0 Å². The van der Waals surface area contributed by atoms with Gasteiger partial charge in [0.1, 0.15) is 5.75 Å². The van der Waals surface area contributed by atoms with Gasteiger partial charge in [0.05, 0.1) is 34.7 Å². The molecule has 34 heavy (non-hydrogen) atoms. The number of aromatic nitrogens is 1. The molecule has 0 bridgehead atoms. The zero-order valence-electron chi connectivity index (χ0n) is 18.9. The first kappa shape index (κ1) is 21.9. The molecule has 0 aliphatic carbocycles. The van der Waals surface area contributed by atoms with Crippen molar-refractivity contribution in [3.8, 4) is 5.75 Å². The van der Waals surface area contributed by atoms with Gasteiger partial charge >= 0.3 is 0 Å². The molecule has 2 aromatic heterocycles. The average molecular weight is 475 g/mol. The summed E-state index contributed by atoms with van der Waals surface area (Å²) in [6.45, 7) is 6.38. The molecule has 0 radical (unpaired) electrons.